The minimum atomic E-state index is 0.627. The maximum Gasteiger partial charge on any atom is 0.0409 e. The third-order valence-electron chi connectivity index (χ3n) is 3.61. The molecular weight excluding hydrogens is 256 g/mol. The molecule has 0 amide bonds. The van der Waals surface area contributed by atoms with E-state index in [1.807, 2.05) is 12.1 Å². The maximum absolute atomic E-state index is 6.06. The lowest BCUT2D eigenvalue weighted by atomic mass is 10.0. The van der Waals surface area contributed by atoms with E-state index < -0.39 is 0 Å². The quantitative estimate of drug-likeness (QED) is 0.907. The predicted molar refractivity (Wildman–Crippen MR) is 82.6 cm³/mol. The van der Waals surface area contributed by atoms with Crippen LogP contribution in [0.25, 0.3) is 0 Å². The summed E-state index contributed by atoms with van der Waals surface area (Å²) in [6, 6.07) is 8.86. The molecule has 1 atom stereocenters. The zero-order valence-electron chi connectivity index (χ0n) is 12.0. The Kier molecular flexibility index (Phi) is 5.68. The molecule has 1 aliphatic heterocycles. The van der Waals surface area contributed by atoms with Gasteiger partial charge in [0, 0.05) is 24.2 Å². The van der Waals surface area contributed by atoms with Crippen LogP contribution in [0.3, 0.4) is 0 Å². The SMILES string of the molecule is CC(C)CC1CN(Cc2cccc(Cl)c2)CCCN1. The van der Waals surface area contributed by atoms with E-state index in [1.165, 1.54) is 24.9 Å². The van der Waals surface area contributed by atoms with Gasteiger partial charge in [0.05, 0.1) is 0 Å². The summed E-state index contributed by atoms with van der Waals surface area (Å²) in [6.07, 6.45) is 2.49. The highest BCUT2D eigenvalue weighted by atomic mass is 35.5. The monoisotopic (exact) mass is 280 g/mol. The molecule has 1 saturated heterocycles. The second kappa shape index (κ2) is 7.28. The fourth-order valence-corrected chi connectivity index (χ4v) is 3.05. The lowest BCUT2D eigenvalue weighted by Crippen LogP contribution is -2.38. The molecule has 0 aromatic heterocycles. The van der Waals surface area contributed by atoms with Crippen molar-refractivity contribution in [1.82, 2.24) is 10.2 Å². The smallest absolute Gasteiger partial charge is 0.0409 e. The van der Waals surface area contributed by atoms with Crippen LogP contribution in [-0.2, 0) is 6.54 Å². The van der Waals surface area contributed by atoms with Gasteiger partial charge in [-0.2, -0.15) is 0 Å². The second-order valence-electron chi connectivity index (χ2n) is 6.00. The van der Waals surface area contributed by atoms with Crippen molar-refractivity contribution in [3.63, 3.8) is 0 Å². The Morgan fingerprint density at radius 1 is 1.42 bits per heavy atom. The molecule has 19 heavy (non-hydrogen) atoms. The van der Waals surface area contributed by atoms with Crippen LogP contribution in [0, 0.1) is 5.92 Å². The number of hydrogen-bond acceptors (Lipinski definition) is 2. The molecule has 1 aromatic carbocycles. The molecular formula is C16H25ClN2. The van der Waals surface area contributed by atoms with Crippen molar-refractivity contribution in [3.8, 4) is 0 Å². The molecule has 0 saturated carbocycles. The van der Waals surface area contributed by atoms with Crippen molar-refractivity contribution >= 4 is 11.6 Å². The highest BCUT2D eigenvalue weighted by Crippen LogP contribution is 2.15. The number of rotatable bonds is 4. The van der Waals surface area contributed by atoms with Gasteiger partial charge in [-0.1, -0.05) is 37.6 Å². The first kappa shape index (κ1) is 14.8. The van der Waals surface area contributed by atoms with Crippen LogP contribution in [0.4, 0.5) is 0 Å². The third kappa shape index (κ3) is 5.13. The van der Waals surface area contributed by atoms with Crippen molar-refractivity contribution in [2.24, 2.45) is 5.92 Å². The lowest BCUT2D eigenvalue weighted by molar-refractivity contribution is 0.248. The zero-order chi connectivity index (χ0) is 13.7. The van der Waals surface area contributed by atoms with E-state index in [0.717, 1.165) is 30.6 Å². The predicted octanol–water partition coefficient (Wildman–Crippen LogP) is 3.55. The third-order valence-corrected chi connectivity index (χ3v) is 3.85. The molecule has 0 radical (unpaired) electrons. The van der Waals surface area contributed by atoms with E-state index in [-0.39, 0.29) is 0 Å². The molecule has 1 heterocycles. The summed E-state index contributed by atoms with van der Waals surface area (Å²) in [5, 5.41) is 4.51. The van der Waals surface area contributed by atoms with E-state index in [9.17, 15) is 0 Å². The van der Waals surface area contributed by atoms with Gasteiger partial charge in [0.15, 0.2) is 0 Å². The summed E-state index contributed by atoms with van der Waals surface area (Å²) < 4.78 is 0. The molecule has 1 N–H and O–H groups in total. The summed E-state index contributed by atoms with van der Waals surface area (Å²) in [7, 11) is 0. The maximum atomic E-state index is 6.06. The van der Waals surface area contributed by atoms with E-state index in [0.29, 0.717) is 6.04 Å². The van der Waals surface area contributed by atoms with E-state index >= 15 is 0 Å². The van der Waals surface area contributed by atoms with Crippen molar-refractivity contribution in [2.75, 3.05) is 19.6 Å². The largest absolute Gasteiger partial charge is 0.313 e. The lowest BCUT2D eigenvalue weighted by Gasteiger charge is -2.25. The van der Waals surface area contributed by atoms with Gasteiger partial charge >= 0.3 is 0 Å². The Morgan fingerprint density at radius 2 is 2.26 bits per heavy atom. The van der Waals surface area contributed by atoms with Crippen LogP contribution < -0.4 is 5.32 Å². The molecule has 1 fully saturated rings. The van der Waals surface area contributed by atoms with E-state index in [4.69, 9.17) is 11.6 Å². The van der Waals surface area contributed by atoms with Crippen LogP contribution in [0.1, 0.15) is 32.3 Å². The summed E-state index contributed by atoms with van der Waals surface area (Å²) in [5.74, 6) is 0.753. The molecule has 0 spiro atoms. The van der Waals surface area contributed by atoms with Crippen LogP contribution in [-0.4, -0.2) is 30.6 Å². The first-order chi connectivity index (χ1) is 9.13. The standard InChI is InChI=1S/C16H25ClN2/c1-13(2)9-16-12-19(8-4-7-18-16)11-14-5-3-6-15(17)10-14/h3,5-6,10,13,16,18H,4,7-9,11-12H2,1-2H3. The highest BCUT2D eigenvalue weighted by Gasteiger charge is 2.18. The minimum Gasteiger partial charge on any atom is -0.313 e. The van der Waals surface area contributed by atoms with Gasteiger partial charge in [0.1, 0.15) is 0 Å². The Balaban J connectivity index is 1.94. The van der Waals surface area contributed by atoms with Gasteiger partial charge in [-0.05, 0) is 49.5 Å². The highest BCUT2D eigenvalue weighted by molar-refractivity contribution is 6.30. The van der Waals surface area contributed by atoms with Gasteiger partial charge in [-0.3, -0.25) is 4.90 Å². The van der Waals surface area contributed by atoms with E-state index in [1.54, 1.807) is 0 Å². The van der Waals surface area contributed by atoms with Crippen molar-refractivity contribution < 1.29 is 0 Å². The average molecular weight is 281 g/mol. The van der Waals surface area contributed by atoms with Crippen LogP contribution in [0.15, 0.2) is 24.3 Å². The number of nitrogens with one attached hydrogen (secondary N) is 1. The van der Waals surface area contributed by atoms with Crippen LogP contribution in [0.2, 0.25) is 5.02 Å². The van der Waals surface area contributed by atoms with Crippen molar-refractivity contribution in [1.29, 1.82) is 0 Å². The van der Waals surface area contributed by atoms with Crippen LogP contribution >= 0.6 is 11.6 Å². The summed E-state index contributed by atoms with van der Waals surface area (Å²) in [4.78, 5) is 2.55. The molecule has 1 unspecified atom stereocenters. The topological polar surface area (TPSA) is 15.3 Å². The van der Waals surface area contributed by atoms with Gasteiger partial charge in [-0.15, -0.1) is 0 Å². The Hall–Kier alpha value is -0.570. The number of nitrogens with zero attached hydrogens (tertiary/aromatic N) is 1. The van der Waals surface area contributed by atoms with Gasteiger partial charge in [0.25, 0.3) is 0 Å². The molecule has 3 heteroatoms. The van der Waals surface area contributed by atoms with Gasteiger partial charge in [0.2, 0.25) is 0 Å². The summed E-state index contributed by atoms with van der Waals surface area (Å²) in [5.41, 5.74) is 1.32. The Morgan fingerprint density at radius 3 is 3.00 bits per heavy atom. The molecule has 106 valence electrons. The average Bonchev–Trinajstić information content (AvgIpc) is 2.53. The molecule has 1 aliphatic rings. The fourth-order valence-electron chi connectivity index (χ4n) is 2.84. The Bertz CT molecular complexity index is 392. The van der Waals surface area contributed by atoms with Crippen LogP contribution in [0.5, 0.6) is 0 Å². The van der Waals surface area contributed by atoms with E-state index in [2.05, 4.69) is 36.2 Å². The first-order valence-corrected chi connectivity index (χ1v) is 7.71. The molecule has 0 aliphatic carbocycles. The first-order valence-electron chi connectivity index (χ1n) is 7.33. The number of halogens is 1. The molecule has 2 nitrogen and oxygen atoms in total. The summed E-state index contributed by atoms with van der Waals surface area (Å²) in [6.45, 7) is 9.07. The number of benzene rings is 1. The zero-order valence-corrected chi connectivity index (χ0v) is 12.8. The van der Waals surface area contributed by atoms with Gasteiger partial charge < -0.3 is 5.32 Å². The molecule has 2 rings (SSSR count). The normalized spacial score (nSPS) is 21.6. The Labute approximate surface area is 122 Å². The summed E-state index contributed by atoms with van der Waals surface area (Å²) >= 11 is 6.06. The van der Waals surface area contributed by atoms with Crippen molar-refractivity contribution in [3.05, 3.63) is 34.9 Å². The molecule has 1 aromatic rings. The fraction of sp³-hybridized carbons (Fsp3) is 0.625. The minimum absolute atomic E-state index is 0.627. The number of hydrogen-bond donors (Lipinski definition) is 1. The van der Waals surface area contributed by atoms with Crippen molar-refractivity contribution in [2.45, 2.75) is 39.3 Å². The van der Waals surface area contributed by atoms with Gasteiger partial charge in [-0.25, -0.2) is 0 Å². The second-order valence-corrected chi connectivity index (χ2v) is 6.44. The molecule has 0 bridgehead atoms.